The van der Waals surface area contributed by atoms with Gasteiger partial charge < -0.3 is 20.7 Å². The standard InChI is InChI=1S/C13H11F2N3O2.C7H14.C5H12N2.C2H6/c1-6-17-5-7(13(16)18-6)12(19)10-9(20-2)4-3-8(14)11(10)15;1-7-5-3-2-4-6-7;1-7-4-2-6-3-5-7;1-2/h3-5H,1-2H3,(H2,16,17,18);7H,2-6H2,1H3;6H,2-5H2,1H3;1-2H3. The van der Waals surface area contributed by atoms with Gasteiger partial charge >= 0.3 is 0 Å². The van der Waals surface area contributed by atoms with Crippen molar-refractivity contribution in [3.8, 4) is 5.75 Å². The van der Waals surface area contributed by atoms with Crippen LogP contribution in [0.15, 0.2) is 18.3 Å². The van der Waals surface area contributed by atoms with E-state index in [4.69, 9.17) is 10.5 Å². The van der Waals surface area contributed by atoms with Crippen LogP contribution in [0.1, 0.15) is 74.6 Å². The Morgan fingerprint density at radius 3 is 2.19 bits per heavy atom. The molecule has 0 bridgehead atoms. The lowest BCUT2D eigenvalue weighted by atomic mass is 9.91. The summed E-state index contributed by atoms with van der Waals surface area (Å²) < 4.78 is 32.0. The number of aryl methyl sites for hydroxylation is 1. The fourth-order valence-corrected chi connectivity index (χ4v) is 3.80. The molecular weight excluding hydrogens is 464 g/mol. The van der Waals surface area contributed by atoms with Crippen LogP contribution < -0.4 is 15.8 Å². The molecule has 1 saturated heterocycles. The largest absolute Gasteiger partial charge is 0.496 e. The number of ether oxygens (including phenoxy) is 1. The topological polar surface area (TPSA) is 93.4 Å². The van der Waals surface area contributed by atoms with Gasteiger partial charge in [-0.25, -0.2) is 18.7 Å². The first-order valence-electron chi connectivity index (χ1n) is 12.8. The van der Waals surface area contributed by atoms with E-state index in [1.165, 1.54) is 58.5 Å². The second-order valence-corrected chi connectivity index (χ2v) is 8.78. The van der Waals surface area contributed by atoms with E-state index in [0.717, 1.165) is 31.1 Å². The number of nitrogens with zero attached hydrogens (tertiary/aromatic N) is 3. The normalized spacial score (nSPS) is 15.8. The zero-order valence-corrected chi connectivity index (χ0v) is 22.7. The van der Waals surface area contributed by atoms with Gasteiger partial charge in [0.15, 0.2) is 11.6 Å². The SMILES string of the molecule is CC.CC1CCCCC1.CN1CCNCC1.COc1ccc(F)c(F)c1C(=O)c1cnc(C)nc1N. The molecule has 202 valence electrons. The van der Waals surface area contributed by atoms with Gasteiger partial charge in [-0.1, -0.05) is 52.9 Å². The fraction of sp³-hybridized carbons (Fsp3) is 0.593. The van der Waals surface area contributed by atoms with Crippen molar-refractivity contribution in [2.24, 2.45) is 5.92 Å². The number of nitrogen functional groups attached to an aromatic ring is 1. The number of nitrogens with two attached hydrogens (primary N) is 1. The summed E-state index contributed by atoms with van der Waals surface area (Å²) in [4.78, 5) is 22.3. The van der Waals surface area contributed by atoms with Gasteiger partial charge in [0.1, 0.15) is 23.0 Å². The minimum Gasteiger partial charge on any atom is -0.496 e. The van der Waals surface area contributed by atoms with Crippen LogP contribution in [0.2, 0.25) is 0 Å². The zero-order chi connectivity index (χ0) is 27.1. The van der Waals surface area contributed by atoms with Crippen LogP contribution in [0.4, 0.5) is 14.6 Å². The number of aromatic nitrogens is 2. The lowest BCUT2D eigenvalue weighted by Crippen LogP contribution is -2.40. The molecule has 1 aliphatic carbocycles. The summed E-state index contributed by atoms with van der Waals surface area (Å²) in [7, 11) is 3.40. The molecule has 9 heteroatoms. The van der Waals surface area contributed by atoms with E-state index in [0.29, 0.717) is 5.82 Å². The van der Waals surface area contributed by atoms with Gasteiger partial charge in [-0.15, -0.1) is 0 Å². The maximum absolute atomic E-state index is 13.8. The highest BCUT2D eigenvalue weighted by atomic mass is 19.2. The molecule has 2 heterocycles. The molecule has 1 aromatic carbocycles. The summed E-state index contributed by atoms with van der Waals surface area (Å²) in [5, 5.41) is 3.27. The Balaban J connectivity index is 0.000000328. The highest BCUT2D eigenvalue weighted by molar-refractivity contribution is 6.13. The minimum absolute atomic E-state index is 0.0890. The summed E-state index contributed by atoms with van der Waals surface area (Å²) in [6, 6.07) is 2.04. The predicted molar refractivity (Wildman–Crippen MR) is 141 cm³/mol. The van der Waals surface area contributed by atoms with Crippen molar-refractivity contribution < 1.29 is 18.3 Å². The second-order valence-electron chi connectivity index (χ2n) is 8.78. The summed E-state index contributed by atoms with van der Waals surface area (Å²) >= 11 is 0. The number of methoxy groups -OCH3 is 1. The van der Waals surface area contributed by atoms with Crippen LogP contribution in [0, 0.1) is 24.5 Å². The molecule has 2 fully saturated rings. The van der Waals surface area contributed by atoms with Crippen molar-refractivity contribution in [3.05, 3.63) is 46.9 Å². The van der Waals surface area contributed by atoms with Crippen LogP contribution >= 0.6 is 0 Å². The van der Waals surface area contributed by atoms with E-state index in [1.807, 2.05) is 13.8 Å². The molecule has 0 unspecified atom stereocenters. The third-order valence-electron chi connectivity index (χ3n) is 5.92. The number of carbonyl (C=O) groups excluding carboxylic acids is 1. The van der Waals surface area contributed by atoms with Gasteiger partial charge in [0.05, 0.1) is 12.7 Å². The molecule has 7 nitrogen and oxygen atoms in total. The van der Waals surface area contributed by atoms with E-state index in [-0.39, 0.29) is 17.1 Å². The number of rotatable bonds is 3. The first-order chi connectivity index (χ1) is 17.2. The predicted octanol–water partition coefficient (Wildman–Crippen LogP) is 5.02. The Bertz CT molecular complexity index is 915. The van der Waals surface area contributed by atoms with Gasteiger partial charge in [-0.05, 0) is 32.0 Å². The fourth-order valence-electron chi connectivity index (χ4n) is 3.80. The number of ketones is 1. The van der Waals surface area contributed by atoms with Crippen molar-refractivity contribution in [2.45, 2.75) is 59.8 Å². The van der Waals surface area contributed by atoms with Crippen LogP contribution in [0.3, 0.4) is 0 Å². The molecule has 3 N–H and O–H groups in total. The Kier molecular flexibility index (Phi) is 14.7. The van der Waals surface area contributed by atoms with Crippen molar-refractivity contribution in [2.75, 3.05) is 46.1 Å². The molecule has 2 aromatic rings. The summed E-state index contributed by atoms with van der Waals surface area (Å²) in [6.07, 6.45) is 8.61. The Hall–Kier alpha value is -2.65. The Labute approximate surface area is 214 Å². The monoisotopic (exact) mass is 507 g/mol. The number of benzene rings is 1. The molecule has 1 aromatic heterocycles. The van der Waals surface area contributed by atoms with Gasteiger partial charge in [0.25, 0.3) is 0 Å². The average molecular weight is 508 g/mol. The number of hydrogen-bond acceptors (Lipinski definition) is 7. The highest BCUT2D eigenvalue weighted by Crippen LogP contribution is 2.27. The Morgan fingerprint density at radius 1 is 1.14 bits per heavy atom. The van der Waals surface area contributed by atoms with E-state index in [1.54, 1.807) is 6.92 Å². The number of likely N-dealkylation sites (N-methyl/N-ethyl adjacent to an activating group) is 1. The summed E-state index contributed by atoms with van der Waals surface area (Å²) in [5.41, 5.74) is 4.96. The van der Waals surface area contributed by atoms with Gasteiger partial charge in [0, 0.05) is 32.4 Å². The molecule has 0 spiro atoms. The quantitative estimate of drug-likeness (QED) is 0.564. The maximum atomic E-state index is 13.8. The maximum Gasteiger partial charge on any atom is 0.205 e. The van der Waals surface area contributed by atoms with E-state index in [2.05, 4.69) is 34.2 Å². The van der Waals surface area contributed by atoms with Gasteiger partial charge in [-0.2, -0.15) is 0 Å². The number of hydrogen-bond donors (Lipinski definition) is 2. The minimum atomic E-state index is -1.30. The average Bonchev–Trinajstić information content (AvgIpc) is 2.88. The lowest BCUT2D eigenvalue weighted by Gasteiger charge is -2.21. The number of piperazine rings is 1. The molecule has 0 amide bonds. The third kappa shape index (κ3) is 10.1. The molecule has 4 rings (SSSR count). The summed E-state index contributed by atoms with van der Waals surface area (Å²) in [6.45, 7) is 12.7. The molecular formula is C27H43F2N5O2. The van der Waals surface area contributed by atoms with E-state index < -0.39 is 23.0 Å². The summed E-state index contributed by atoms with van der Waals surface area (Å²) in [5.74, 6) is -2.08. The number of anilines is 1. The molecule has 36 heavy (non-hydrogen) atoms. The van der Waals surface area contributed by atoms with Crippen LogP contribution in [-0.2, 0) is 0 Å². The van der Waals surface area contributed by atoms with Crippen LogP contribution in [-0.4, -0.2) is 61.0 Å². The first kappa shape index (κ1) is 31.4. The lowest BCUT2D eigenvalue weighted by molar-refractivity contribution is 0.103. The van der Waals surface area contributed by atoms with Crippen molar-refractivity contribution in [1.29, 1.82) is 0 Å². The number of nitrogens with one attached hydrogen (secondary N) is 1. The van der Waals surface area contributed by atoms with Gasteiger partial charge in [0.2, 0.25) is 5.78 Å². The Morgan fingerprint density at radius 2 is 1.75 bits per heavy atom. The first-order valence-corrected chi connectivity index (χ1v) is 12.8. The highest BCUT2D eigenvalue weighted by Gasteiger charge is 2.24. The molecule has 0 radical (unpaired) electrons. The van der Waals surface area contributed by atoms with E-state index >= 15 is 0 Å². The molecule has 1 saturated carbocycles. The van der Waals surface area contributed by atoms with E-state index in [9.17, 15) is 13.6 Å². The third-order valence-corrected chi connectivity index (χ3v) is 5.92. The van der Waals surface area contributed by atoms with Crippen molar-refractivity contribution in [1.82, 2.24) is 20.2 Å². The molecule has 1 aliphatic heterocycles. The van der Waals surface area contributed by atoms with Gasteiger partial charge in [-0.3, -0.25) is 4.79 Å². The smallest absolute Gasteiger partial charge is 0.205 e. The zero-order valence-electron chi connectivity index (χ0n) is 22.7. The van der Waals surface area contributed by atoms with Crippen molar-refractivity contribution >= 4 is 11.6 Å². The molecule has 0 atom stereocenters. The van der Waals surface area contributed by atoms with Crippen molar-refractivity contribution in [3.63, 3.8) is 0 Å². The van der Waals surface area contributed by atoms with Crippen LogP contribution in [0.25, 0.3) is 0 Å². The number of carbonyl (C=O) groups is 1. The second kappa shape index (κ2) is 16.9. The molecule has 2 aliphatic rings. The van der Waals surface area contributed by atoms with Crippen LogP contribution in [0.5, 0.6) is 5.75 Å². The number of halogens is 2.